The molecule has 0 unspecified atom stereocenters. The normalized spacial score (nSPS) is 11.4. The molecule has 0 fully saturated rings. The van der Waals surface area contributed by atoms with Crippen LogP contribution in [0.4, 0.5) is 17.1 Å². The second-order valence-electron chi connectivity index (χ2n) is 11.3. The lowest BCUT2D eigenvalue weighted by Crippen LogP contribution is -2.21. The van der Waals surface area contributed by atoms with Gasteiger partial charge in [-0.2, -0.15) is 0 Å². The molecule has 3 N–H and O–H groups in total. The fraction of sp³-hybridized carbons (Fsp3) is 0.273. The third-order valence-corrected chi connectivity index (χ3v) is 8.20. The average Bonchev–Trinajstić information content (AvgIpc) is 3.01. The number of nitrogens with zero attached hydrogens (tertiary/aromatic N) is 2. The molecule has 0 atom stereocenters. The number of carbonyl (C=O) groups is 2. The summed E-state index contributed by atoms with van der Waals surface area (Å²) in [5.74, 6) is -0.408. The van der Waals surface area contributed by atoms with Gasteiger partial charge in [-0.05, 0) is 85.0 Å². The third-order valence-electron chi connectivity index (χ3n) is 6.91. The van der Waals surface area contributed by atoms with Gasteiger partial charge in [0.1, 0.15) is 12.4 Å². The fourth-order valence-corrected chi connectivity index (χ4v) is 4.91. The predicted molar refractivity (Wildman–Crippen MR) is 175 cm³/mol. The Kier molecular flexibility index (Phi) is 10.1. The monoisotopic (exact) mass is 631 g/mol. The first-order valence-corrected chi connectivity index (χ1v) is 15.9. The van der Waals surface area contributed by atoms with Crippen LogP contribution in [0.5, 0.6) is 11.5 Å². The Bertz CT molecular complexity index is 1790. The van der Waals surface area contributed by atoms with Crippen molar-refractivity contribution in [1.82, 2.24) is 9.97 Å². The lowest BCUT2D eigenvalue weighted by molar-refractivity contribution is 0.101. The summed E-state index contributed by atoms with van der Waals surface area (Å²) in [5, 5.41) is 5.63. The largest absolute Gasteiger partial charge is 0.494 e. The smallest absolute Gasteiger partial charge is 0.259 e. The molecule has 2 heterocycles. The van der Waals surface area contributed by atoms with Gasteiger partial charge in [0, 0.05) is 18.1 Å². The summed E-state index contributed by atoms with van der Waals surface area (Å²) in [6, 6.07) is 15.6. The van der Waals surface area contributed by atoms with Crippen molar-refractivity contribution in [3.05, 3.63) is 101 Å². The van der Waals surface area contributed by atoms with Crippen molar-refractivity contribution >= 4 is 38.9 Å². The van der Waals surface area contributed by atoms with E-state index < -0.39 is 27.3 Å². The summed E-state index contributed by atoms with van der Waals surface area (Å²) in [6.45, 7) is 9.45. The fourth-order valence-electron chi connectivity index (χ4n) is 4.27. The highest BCUT2D eigenvalue weighted by Crippen LogP contribution is 2.36. The number of aryl methyl sites for hydroxylation is 1. The van der Waals surface area contributed by atoms with Gasteiger partial charge in [-0.3, -0.25) is 24.3 Å². The van der Waals surface area contributed by atoms with Gasteiger partial charge in [-0.15, -0.1) is 0 Å². The van der Waals surface area contributed by atoms with Crippen LogP contribution in [0.2, 0.25) is 0 Å². The maximum atomic E-state index is 13.6. The number of amides is 2. The van der Waals surface area contributed by atoms with Crippen LogP contribution in [0.25, 0.3) is 0 Å². The number of aromatic nitrogens is 2. The van der Waals surface area contributed by atoms with Crippen LogP contribution in [0.1, 0.15) is 65.2 Å². The van der Waals surface area contributed by atoms with Crippen LogP contribution in [0.15, 0.2) is 73.2 Å². The predicted octanol–water partition coefficient (Wildman–Crippen LogP) is 5.94. The Morgan fingerprint density at radius 1 is 0.889 bits per heavy atom. The maximum absolute atomic E-state index is 13.6. The molecule has 2 amide bonds. The zero-order chi connectivity index (χ0) is 32.8. The maximum Gasteiger partial charge on any atom is 0.259 e. The van der Waals surface area contributed by atoms with Crippen molar-refractivity contribution in [2.24, 2.45) is 0 Å². The molecule has 0 saturated carbocycles. The van der Waals surface area contributed by atoms with E-state index in [-0.39, 0.29) is 34.0 Å². The summed E-state index contributed by atoms with van der Waals surface area (Å²) in [6.07, 6.45) is 4.85. The standard InChI is InChI=1S/C33H37N5O6S/c1-7-45(41,42)38-29-17-23(33(3,4)5)16-28(30(29)43-6)32(40)37-25-18-27(21(2)35-19-25)31(39)36-24-8-10-26(11-9-24)44-20-22-12-14-34-15-13-22/h8-19,38H,7,20H2,1-6H3,(H,36,39)(H,37,40). The number of sulfonamides is 1. The number of nitrogens with one attached hydrogen (secondary N) is 3. The third kappa shape index (κ3) is 8.57. The minimum absolute atomic E-state index is 0.0729. The molecule has 0 bridgehead atoms. The Balaban J connectivity index is 1.53. The van der Waals surface area contributed by atoms with E-state index in [1.807, 2.05) is 32.9 Å². The average molecular weight is 632 g/mol. The Labute approximate surface area is 263 Å². The molecule has 2 aromatic carbocycles. The van der Waals surface area contributed by atoms with Gasteiger partial charge >= 0.3 is 0 Å². The molecule has 0 aliphatic heterocycles. The molecule has 0 aliphatic rings. The number of carbonyl (C=O) groups excluding carboxylic acids is 2. The zero-order valence-electron chi connectivity index (χ0n) is 26.1. The second kappa shape index (κ2) is 13.8. The minimum Gasteiger partial charge on any atom is -0.494 e. The molecule has 11 nitrogen and oxygen atoms in total. The lowest BCUT2D eigenvalue weighted by Gasteiger charge is -2.23. The Morgan fingerprint density at radius 2 is 1.53 bits per heavy atom. The molecule has 2 aromatic heterocycles. The van der Waals surface area contributed by atoms with E-state index in [1.54, 1.807) is 55.7 Å². The van der Waals surface area contributed by atoms with Gasteiger partial charge in [0.25, 0.3) is 11.8 Å². The SMILES string of the molecule is CCS(=O)(=O)Nc1cc(C(C)(C)C)cc(C(=O)Nc2cnc(C)c(C(=O)Nc3ccc(OCc4ccncc4)cc3)c2)c1OC. The van der Waals surface area contributed by atoms with Gasteiger partial charge in [0.05, 0.1) is 47.3 Å². The molecule has 0 spiro atoms. The van der Waals surface area contributed by atoms with E-state index in [0.717, 1.165) is 11.1 Å². The number of methoxy groups -OCH3 is 1. The quantitative estimate of drug-likeness (QED) is 0.184. The van der Waals surface area contributed by atoms with E-state index in [4.69, 9.17) is 9.47 Å². The minimum atomic E-state index is -3.66. The van der Waals surface area contributed by atoms with Crippen LogP contribution in [-0.4, -0.2) is 43.1 Å². The van der Waals surface area contributed by atoms with E-state index in [0.29, 0.717) is 23.7 Å². The first kappa shape index (κ1) is 32.9. The summed E-state index contributed by atoms with van der Waals surface area (Å²) in [5.41, 5.74) is 3.13. The summed E-state index contributed by atoms with van der Waals surface area (Å²) in [7, 11) is -2.29. The molecule has 4 aromatic rings. The first-order valence-electron chi connectivity index (χ1n) is 14.2. The molecular formula is C33H37N5O6S. The van der Waals surface area contributed by atoms with Crippen LogP contribution in [0, 0.1) is 6.92 Å². The van der Waals surface area contributed by atoms with Crippen molar-refractivity contribution < 1.29 is 27.5 Å². The summed E-state index contributed by atoms with van der Waals surface area (Å²) < 4.78 is 38.6. The number of anilines is 3. The summed E-state index contributed by atoms with van der Waals surface area (Å²) in [4.78, 5) is 35.1. The molecule has 45 heavy (non-hydrogen) atoms. The van der Waals surface area contributed by atoms with Gasteiger partial charge < -0.3 is 20.1 Å². The summed E-state index contributed by atoms with van der Waals surface area (Å²) >= 11 is 0. The number of benzene rings is 2. The van der Waals surface area contributed by atoms with Crippen LogP contribution in [-0.2, 0) is 22.0 Å². The van der Waals surface area contributed by atoms with Crippen LogP contribution >= 0.6 is 0 Å². The van der Waals surface area contributed by atoms with Crippen LogP contribution in [0.3, 0.4) is 0 Å². The van der Waals surface area contributed by atoms with Crippen molar-refractivity contribution in [1.29, 1.82) is 0 Å². The van der Waals surface area contributed by atoms with Gasteiger partial charge in [0.15, 0.2) is 5.75 Å². The van der Waals surface area contributed by atoms with E-state index in [1.165, 1.54) is 26.3 Å². The Hall–Kier alpha value is -4.97. The van der Waals surface area contributed by atoms with E-state index in [2.05, 4.69) is 25.3 Å². The molecule has 4 rings (SSSR count). The molecule has 0 radical (unpaired) electrons. The van der Waals surface area contributed by atoms with Crippen molar-refractivity contribution in [3.63, 3.8) is 0 Å². The Morgan fingerprint density at radius 3 is 2.16 bits per heavy atom. The molecule has 236 valence electrons. The van der Waals surface area contributed by atoms with Crippen molar-refractivity contribution in [3.8, 4) is 11.5 Å². The van der Waals surface area contributed by atoms with E-state index in [9.17, 15) is 18.0 Å². The van der Waals surface area contributed by atoms with Gasteiger partial charge in [0.2, 0.25) is 10.0 Å². The highest BCUT2D eigenvalue weighted by atomic mass is 32.2. The lowest BCUT2D eigenvalue weighted by atomic mass is 9.85. The number of rotatable bonds is 11. The topological polar surface area (TPSA) is 149 Å². The van der Waals surface area contributed by atoms with E-state index >= 15 is 0 Å². The molecular weight excluding hydrogens is 594 g/mol. The first-order chi connectivity index (χ1) is 21.3. The molecule has 0 saturated heterocycles. The molecule has 0 aliphatic carbocycles. The molecule has 12 heteroatoms. The van der Waals surface area contributed by atoms with Crippen molar-refractivity contribution in [2.45, 2.75) is 46.6 Å². The highest BCUT2D eigenvalue weighted by molar-refractivity contribution is 7.92. The second-order valence-corrected chi connectivity index (χ2v) is 13.3. The van der Waals surface area contributed by atoms with Gasteiger partial charge in [-0.1, -0.05) is 20.8 Å². The zero-order valence-corrected chi connectivity index (χ0v) is 26.9. The number of hydrogen-bond acceptors (Lipinski definition) is 8. The number of hydrogen-bond donors (Lipinski definition) is 3. The highest BCUT2D eigenvalue weighted by Gasteiger charge is 2.25. The van der Waals surface area contributed by atoms with Crippen LogP contribution < -0.4 is 24.8 Å². The van der Waals surface area contributed by atoms with Crippen molar-refractivity contribution in [2.75, 3.05) is 28.2 Å². The van der Waals surface area contributed by atoms with Gasteiger partial charge in [-0.25, -0.2) is 8.42 Å². The number of ether oxygens (including phenoxy) is 2. The number of pyridine rings is 2.